The Morgan fingerprint density at radius 2 is 1.58 bits per heavy atom. The van der Waals surface area contributed by atoms with Crippen LogP contribution < -0.4 is 16.0 Å². The molecule has 3 aromatic rings. The number of nitrogens with zero attached hydrogens (tertiary/aromatic N) is 2. The molecular weight excluding hydrogens is 388 g/mol. The average molecular weight is 415 g/mol. The third-order valence-corrected chi connectivity index (χ3v) is 5.62. The van der Waals surface area contributed by atoms with E-state index in [4.69, 9.17) is 5.73 Å². The van der Waals surface area contributed by atoms with Gasteiger partial charge < -0.3 is 20.9 Å². The van der Waals surface area contributed by atoms with E-state index in [0.717, 1.165) is 18.7 Å². The van der Waals surface area contributed by atoms with Gasteiger partial charge in [-0.3, -0.25) is 4.79 Å². The summed E-state index contributed by atoms with van der Waals surface area (Å²) in [6, 6.07) is 24.8. The van der Waals surface area contributed by atoms with Crippen molar-refractivity contribution in [2.24, 2.45) is 5.73 Å². The van der Waals surface area contributed by atoms with Crippen molar-refractivity contribution >= 4 is 23.3 Å². The van der Waals surface area contributed by atoms with Gasteiger partial charge in [0.25, 0.3) is 5.91 Å². The minimum atomic E-state index is -0.629. The van der Waals surface area contributed by atoms with E-state index in [0.29, 0.717) is 17.8 Å². The van der Waals surface area contributed by atoms with Crippen LogP contribution in [0.3, 0.4) is 0 Å². The minimum absolute atomic E-state index is 0.0250. The fraction of sp³-hybridized carbons (Fsp3) is 0.200. The molecule has 1 aliphatic heterocycles. The molecule has 0 aliphatic carbocycles. The smallest absolute Gasteiger partial charge is 0.316 e. The highest BCUT2D eigenvalue weighted by Crippen LogP contribution is 2.30. The number of nitrogens with two attached hydrogens (primary N) is 1. The zero-order valence-electron chi connectivity index (χ0n) is 17.5. The summed E-state index contributed by atoms with van der Waals surface area (Å²) in [5.74, 6) is -0.0250. The summed E-state index contributed by atoms with van der Waals surface area (Å²) in [4.78, 5) is 28.7. The van der Waals surface area contributed by atoms with Gasteiger partial charge in [-0.15, -0.1) is 0 Å². The van der Waals surface area contributed by atoms with E-state index in [9.17, 15) is 9.59 Å². The Kier molecular flexibility index (Phi) is 5.89. The first-order valence-corrected chi connectivity index (χ1v) is 10.4. The van der Waals surface area contributed by atoms with E-state index in [1.807, 2.05) is 23.1 Å². The monoisotopic (exact) mass is 414 g/mol. The summed E-state index contributed by atoms with van der Waals surface area (Å²) in [7, 11) is 0. The zero-order chi connectivity index (χ0) is 21.8. The van der Waals surface area contributed by atoms with Crippen LogP contribution in [0.1, 0.15) is 27.5 Å². The van der Waals surface area contributed by atoms with Crippen LogP contribution in [-0.2, 0) is 0 Å². The van der Waals surface area contributed by atoms with Gasteiger partial charge in [0, 0.05) is 36.6 Å². The van der Waals surface area contributed by atoms with Crippen LogP contribution in [0.15, 0.2) is 78.9 Å². The predicted octanol–water partition coefficient (Wildman–Crippen LogP) is 4.19. The number of benzene rings is 3. The number of carbonyl (C=O) groups excluding carboxylic acids is 2. The first-order valence-electron chi connectivity index (χ1n) is 10.4. The maximum atomic E-state index is 13.4. The zero-order valence-corrected chi connectivity index (χ0v) is 17.5. The summed E-state index contributed by atoms with van der Waals surface area (Å²) in [6.07, 6.45) is 0. The summed E-state index contributed by atoms with van der Waals surface area (Å²) < 4.78 is 0. The molecule has 6 heteroatoms. The molecule has 1 saturated heterocycles. The lowest BCUT2D eigenvalue weighted by atomic mass is 10.00. The number of urea groups is 1. The van der Waals surface area contributed by atoms with E-state index in [2.05, 4.69) is 53.5 Å². The van der Waals surface area contributed by atoms with Crippen LogP contribution in [0.25, 0.3) is 0 Å². The molecule has 0 saturated carbocycles. The Hall–Kier alpha value is -3.80. The Balaban J connectivity index is 1.59. The van der Waals surface area contributed by atoms with E-state index in [1.165, 1.54) is 11.3 Å². The van der Waals surface area contributed by atoms with Gasteiger partial charge in [0.2, 0.25) is 0 Å². The number of primary amides is 1. The Bertz CT molecular complexity index is 1050. The van der Waals surface area contributed by atoms with E-state index in [-0.39, 0.29) is 11.9 Å². The molecule has 6 nitrogen and oxygen atoms in total. The molecule has 0 bridgehead atoms. The summed E-state index contributed by atoms with van der Waals surface area (Å²) in [5.41, 5.74) is 9.81. The normalized spacial score (nSPS) is 16.1. The fourth-order valence-corrected chi connectivity index (χ4v) is 3.98. The SMILES string of the molecule is Cc1ccc(N2CCN(C(=O)c3ccc(NC(N)=O)cc3)C(c3ccccc3)C2)cc1. The number of anilines is 2. The molecule has 1 atom stereocenters. The van der Waals surface area contributed by atoms with Crippen molar-refractivity contribution in [2.75, 3.05) is 29.9 Å². The van der Waals surface area contributed by atoms with Crippen LogP contribution in [-0.4, -0.2) is 36.5 Å². The first-order chi connectivity index (χ1) is 15.0. The molecule has 4 rings (SSSR count). The lowest BCUT2D eigenvalue weighted by Gasteiger charge is -2.43. The van der Waals surface area contributed by atoms with Crippen molar-refractivity contribution < 1.29 is 9.59 Å². The van der Waals surface area contributed by atoms with Crippen molar-refractivity contribution in [1.29, 1.82) is 0 Å². The van der Waals surface area contributed by atoms with Crippen LogP contribution in [0.4, 0.5) is 16.2 Å². The molecule has 1 unspecified atom stereocenters. The summed E-state index contributed by atoms with van der Waals surface area (Å²) >= 11 is 0. The summed E-state index contributed by atoms with van der Waals surface area (Å²) in [6.45, 7) is 4.19. The summed E-state index contributed by atoms with van der Waals surface area (Å²) in [5, 5.41) is 2.52. The van der Waals surface area contributed by atoms with Gasteiger partial charge in [0.1, 0.15) is 0 Å². The molecule has 0 spiro atoms. The van der Waals surface area contributed by atoms with Crippen molar-refractivity contribution in [2.45, 2.75) is 13.0 Å². The predicted molar refractivity (Wildman–Crippen MR) is 123 cm³/mol. The van der Waals surface area contributed by atoms with Crippen LogP contribution in [0.5, 0.6) is 0 Å². The molecule has 1 fully saturated rings. The van der Waals surface area contributed by atoms with Gasteiger partial charge in [-0.1, -0.05) is 48.0 Å². The van der Waals surface area contributed by atoms with Crippen molar-refractivity contribution in [3.63, 3.8) is 0 Å². The van der Waals surface area contributed by atoms with Crippen LogP contribution in [0, 0.1) is 6.92 Å². The first kappa shape index (κ1) is 20.5. The highest BCUT2D eigenvalue weighted by Gasteiger charge is 2.32. The van der Waals surface area contributed by atoms with Crippen molar-refractivity contribution in [3.8, 4) is 0 Å². The highest BCUT2D eigenvalue weighted by atomic mass is 16.2. The Morgan fingerprint density at radius 3 is 2.23 bits per heavy atom. The molecule has 3 amide bonds. The minimum Gasteiger partial charge on any atom is -0.367 e. The van der Waals surface area contributed by atoms with Gasteiger partial charge in [-0.05, 0) is 48.9 Å². The largest absolute Gasteiger partial charge is 0.367 e. The van der Waals surface area contributed by atoms with Crippen molar-refractivity contribution in [1.82, 2.24) is 4.90 Å². The van der Waals surface area contributed by atoms with Gasteiger partial charge in [-0.2, -0.15) is 0 Å². The maximum absolute atomic E-state index is 13.4. The number of hydrogen-bond acceptors (Lipinski definition) is 3. The molecule has 0 aromatic heterocycles. The second-order valence-electron chi connectivity index (χ2n) is 7.77. The number of nitrogens with one attached hydrogen (secondary N) is 1. The van der Waals surface area contributed by atoms with Gasteiger partial charge in [0.05, 0.1) is 6.04 Å². The second kappa shape index (κ2) is 8.92. The molecule has 1 heterocycles. The second-order valence-corrected chi connectivity index (χ2v) is 7.77. The third kappa shape index (κ3) is 4.69. The molecule has 158 valence electrons. The Morgan fingerprint density at radius 1 is 0.903 bits per heavy atom. The quantitative estimate of drug-likeness (QED) is 0.672. The van der Waals surface area contributed by atoms with Crippen molar-refractivity contribution in [3.05, 3.63) is 95.6 Å². The highest BCUT2D eigenvalue weighted by molar-refractivity contribution is 5.96. The van der Waals surface area contributed by atoms with Gasteiger partial charge in [0.15, 0.2) is 0 Å². The van der Waals surface area contributed by atoms with Crippen LogP contribution in [0.2, 0.25) is 0 Å². The van der Waals surface area contributed by atoms with E-state index in [1.54, 1.807) is 24.3 Å². The maximum Gasteiger partial charge on any atom is 0.316 e. The molecule has 1 aliphatic rings. The molecule has 3 N–H and O–H groups in total. The lowest BCUT2D eigenvalue weighted by molar-refractivity contribution is 0.0655. The number of aryl methyl sites for hydroxylation is 1. The van der Waals surface area contributed by atoms with Gasteiger partial charge >= 0.3 is 6.03 Å². The molecule has 3 aromatic carbocycles. The standard InChI is InChI=1S/C25H26N4O2/c1-18-7-13-22(14-8-18)28-15-16-29(23(17-28)19-5-3-2-4-6-19)24(30)20-9-11-21(12-10-20)27-25(26)31/h2-14,23H,15-17H2,1H3,(H3,26,27,31). The number of hydrogen-bond donors (Lipinski definition) is 2. The van der Waals surface area contributed by atoms with E-state index < -0.39 is 6.03 Å². The average Bonchev–Trinajstić information content (AvgIpc) is 2.79. The lowest BCUT2D eigenvalue weighted by Crippen LogP contribution is -2.50. The number of amides is 3. The number of piperazine rings is 1. The fourth-order valence-electron chi connectivity index (χ4n) is 3.98. The molecule has 0 radical (unpaired) electrons. The topological polar surface area (TPSA) is 78.7 Å². The number of carbonyl (C=O) groups is 2. The molecule has 31 heavy (non-hydrogen) atoms. The third-order valence-electron chi connectivity index (χ3n) is 5.62. The van der Waals surface area contributed by atoms with Gasteiger partial charge in [-0.25, -0.2) is 4.79 Å². The molecular formula is C25H26N4O2. The Labute approximate surface area is 182 Å². The van der Waals surface area contributed by atoms with E-state index >= 15 is 0 Å². The number of rotatable bonds is 4. The van der Waals surface area contributed by atoms with Crippen LogP contribution >= 0.6 is 0 Å².